The average Bonchev–Trinajstić information content (AvgIpc) is 3.60. The van der Waals surface area contributed by atoms with Gasteiger partial charge >= 0.3 is 0 Å². The summed E-state index contributed by atoms with van der Waals surface area (Å²) in [6.07, 6.45) is 4.78. The lowest BCUT2D eigenvalue weighted by Crippen LogP contribution is -2.50. The fourth-order valence-corrected chi connectivity index (χ4v) is 6.07. The Morgan fingerprint density at radius 3 is 2.57 bits per heavy atom. The third-order valence-corrected chi connectivity index (χ3v) is 7.98. The molecule has 0 bridgehead atoms. The Labute approximate surface area is 219 Å². The SMILES string of the molecule is O=C(NC(c1ccc(Cl)cc1)c1nn[nH]n1)[C@@H]1C[C@@H]2CCCC[C@@H]2N1C(=O)c1ccc2ccccc2c1. The van der Waals surface area contributed by atoms with Gasteiger partial charge in [-0.05, 0) is 65.8 Å². The van der Waals surface area contributed by atoms with Crippen molar-refractivity contribution in [2.24, 2.45) is 5.92 Å². The van der Waals surface area contributed by atoms with Crippen molar-refractivity contribution < 1.29 is 9.59 Å². The van der Waals surface area contributed by atoms with Gasteiger partial charge in [0, 0.05) is 16.6 Å². The van der Waals surface area contributed by atoms with Gasteiger partial charge in [0.1, 0.15) is 12.1 Å². The van der Waals surface area contributed by atoms with Crippen molar-refractivity contribution in [3.63, 3.8) is 0 Å². The number of aromatic nitrogens is 4. The first-order valence-corrected chi connectivity index (χ1v) is 13.1. The van der Waals surface area contributed by atoms with Crippen molar-refractivity contribution in [3.05, 3.63) is 88.7 Å². The molecule has 2 heterocycles. The first-order chi connectivity index (χ1) is 18.1. The highest BCUT2D eigenvalue weighted by Crippen LogP contribution is 2.41. The summed E-state index contributed by atoms with van der Waals surface area (Å²) < 4.78 is 0. The number of benzene rings is 3. The summed E-state index contributed by atoms with van der Waals surface area (Å²) in [5.74, 6) is 0.350. The molecule has 2 amide bonds. The Morgan fingerprint density at radius 1 is 1.00 bits per heavy atom. The van der Waals surface area contributed by atoms with E-state index in [1.165, 1.54) is 0 Å². The van der Waals surface area contributed by atoms with Gasteiger partial charge < -0.3 is 10.2 Å². The number of amides is 2. The van der Waals surface area contributed by atoms with E-state index < -0.39 is 12.1 Å². The van der Waals surface area contributed by atoms with Gasteiger partial charge in [-0.1, -0.05) is 72.1 Å². The van der Waals surface area contributed by atoms with E-state index in [9.17, 15) is 9.59 Å². The summed E-state index contributed by atoms with van der Waals surface area (Å²) in [5, 5.41) is 20.2. The minimum atomic E-state index is -0.622. The molecule has 6 rings (SSSR count). The summed E-state index contributed by atoms with van der Waals surface area (Å²) >= 11 is 6.09. The number of carbonyl (C=O) groups excluding carboxylic acids is 2. The number of nitrogens with zero attached hydrogens (tertiary/aromatic N) is 4. The summed E-state index contributed by atoms with van der Waals surface area (Å²) in [5.41, 5.74) is 1.39. The fraction of sp³-hybridized carbons (Fsp3) is 0.321. The molecule has 37 heavy (non-hydrogen) atoms. The number of fused-ring (bicyclic) bond motifs is 2. The number of hydrogen-bond acceptors (Lipinski definition) is 5. The number of hydrogen-bond donors (Lipinski definition) is 2. The van der Waals surface area contributed by atoms with Crippen LogP contribution in [0.5, 0.6) is 0 Å². The summed E-state index contributed by atoms with van der Waals surface area (Å²) in [6, 6.07) is 19.8. The van der Waals surface area contributed by atoms with Crippen molar-refractivity contribution >= 4 is 34.2 Å². The lowest BCUT2D eigenvalue weighted by atomic mass is 9.84. The number of halogens is 1. The van der Waals surface area contributed by atoms with Crippen molar-refractivity contribution in [2.75, 3.05) is 0 Å². The van der Waals surface area contributed by atoms with Gasteiger partial charge in [0.05, 0.1) is 0 Å². The largest absolute Gasteiger partial charge is 0.340 e. The van der Waals surface area contributed by atoms with Gasteiger partial charge in [-0.2, -0.15) is 5.21 Å². The molecular weight excluding hydrogens is 488 g/mol. The third-order valence-electron chi connectivity index (χ3n) is 7.73. The molecule has 4 aromatic rings. The number of nitrogens with one attached hydrogen (secondary N) is 2. The van der Waals surface area contributed by atoms with E-state index in [4.69, 9.17) is 11.6 Å². The van der Waals surface area contributed by atoms with Crippen molar-refractivity contribution in [2.45, 2.75) is 50.2 Å². The van der Waals surface area contributed by atoms with Gasteiger partial charge in [-0.3, -0.25) is 9.59 Å². The smallest absolute Gasteiger partial charge is 0.254 e. The molecule has 1 saturated carbocycles. The molecule has 2 aliphatic rings. The monoisotopic (exact) mass is 514 g/mol. The van der Waals surface area contributed by atoms with Crippen LogP contribution in [0.4, 0.5) is 0 Å². The van der Waals surface area contributed by atoms with E-state index in [1.54, 1.807) is 12.1 Å². The van der Waals surface area contributed by atoms with E-state index in [1.807, 2.05) is 59.5 Å². The van der Waals surface area contributed by atoms with Crippen LogP contribution in [0.3, 0.4) is 0 Å². The molecule has 2 N–H and O–H groups in total. The van der Waals surface area contributed by atoms with Crippen LogP contribution in [0, 0.1) is 5.92 Å². The van der Waals surface area contributed by atoms with Crippen LogP contribution in [-0.2, 0) is 4.79 Å². The van der Waals surface area contributed by atoms with Crippen LogP contribution in [0.2, 0.25) is 5.02 Å². The normalized spacial score (nSPS) is 22.0. The van der Waals surface area contributed by atoms with Crippen LogP contribution >= 0.6 is 11.6 Å². The molecule has 4 atom stereocenters. The van der Waals surface area contributed by atoms with Crippen LogP contribution in [0.15, 0.2) is 66.7 Å². The Bertz CT molecular complexity index is 1420. The van der Waals surface area contributed by atoms with Crippen LogP contribution < -0.4 is 5.32 Å². The van der Waals surface area contributed by atoms with E-state index in [2.05, 4.69) is 25.9 Å². The average molecular weight is 515 g/mol. The second kappa shape index (κ2) is 9.94. The predicted molar refractivity (Wildman–Crippen MR) is 140 cm³/mol. The topological polar surface area (TPSA) is 104 Å². The zero-order valence-corrected chi connectivity index (χ0v) is 20.9. The highest BCUT2D eigenvalue weighted by molar-refractivity contribution is 6.30. The standard InChI is InChI=1S/C28H27ClN6O2/c29-22-13-11-18(12-14-22)25(26-31-33-34-32-26)30-27(36)24-16-20-7-3-4-8-23(20)35(24)28(37)21-10-9-17-5-1-2-6-19(17)15-21/h1-2,5-6,9-15,20,23-25H,3-4,7-8,16H2,(H,30,36)(H,31,32,33,34)/t20-,23-,24-,25?/m0/s1. The first-order valence-electron chi connectivity index (χ1n) is 12.7. The molecule has 1 aromatic heterocycles. The minimum Gasteiger partial charge on any atom is -0.340 e. The molecule has 0 spiro atoms. The van der Waals surface area contributed by atoms with Crippen molar-refractivity contribution in [1.29, 1.82) is 0 Å². The number of carbonyl (C=O) groups is 2. The van der Waals surface area contributed by atoms with Crippen molar-refractivity contribution in [1.82, 2.24) is 30.8 Å². The Hall–Kier alpha value is -3.78. The second-order valence-corrected chi connectivity index (χ2v) is 10.3. The van der Waals surface area contributed by atoms with Crippen LogP contribution in [0.1, 0.15) is 59.9 Å². The zero-order valence-electron chi connectivity index (χ0n) is 20.2. The Morgan fingerprint density at radius 2 is 1.78 bits per heavy atom. The Balaban J connectivity index is 1.32. The van der Waals surface area contributed by atoms with E-state index in [0.29, 0.717) is 28.7 Å². The van der Waals surface area contributed by atoms with Gasteiger partial charge in [0.25, 0.3) is 5.91 Å². The molecule has 3 aromatic carbocycles. The third kappa shape index (κ3) is 4.57. The highest BCUT2D eigenvalue weighted by atomic mass is 35.5. The molecule has 1 aliphatic heterocycles. The lowest BCUT2D eigenvalue weighted by Gasteiger charge is -2.34. The van der Waals surface area contributed by atoms with Gasteiger partial charge in [-0.25, -0.2) is 0 Å². The molecule has 1 saturated heterocycles. The van der Waals surface area contributed by atoms with Crippen molar-refractivity contribution in [3.8, 4) is 0 Å². The van der Waals surface area contributed by atoms with Gasteiger partial charge in [0.15, 0.2) is 0 Å². The van der Waals surface area contributed by atoms with E-state index >= 15 is 0 Å². The van der Waals surface area contributed by atoms with E-state index in [-0.39, 0.29) is 17.9 Å². The Kier molecular flexibility index (Phi) is 6.34. The maximum absolute atomic E-state index is 14.0. The molecule has 2 fully saturated rings. The minimum absolute atomic E-state index is 0.0580. The first kappa shape index (κ1) is 23.6. The van der Waals surface area contributed by atoms with E-state index in [0.717, 1.165) is 42.0 Å². The van der Waals surface area contributed by atoms with Gasteiger partial charge in [-0.15, -0.1) is 10.2 Å². The quantitative estimate of drug-likeness (QED) is 0.402. The molecule has 1 aliphatic carbocycles. The summed E-state index contributed by atoms with van der Waals surface area (Å²) in [4.78, 5) is 29.7. The molecular formula is C28H27ClN6O2. The predicted octanol–water partition coefficient (Wildman–Crippen LogP) is 4.69. The number of aromatic amines is 1. The zero-order chi connectivity index (χ0) is 25.4. The van der Waals surface area contributed by atoms with Crippen LogP contribution in [0.25, 0.3) is 10.8 Å². The second-order valence-electron chi connectivity index (χ2n) is 9.90. The molecule has 8 nitrogen and oxygen atoms in total. The molecule has 188 valence electrons. The number of H-pyrrole nitrogens is 1. The lowest BCUT2D eigenvalue weighted by molar-refractivity contribution is -0.125. The summed E-state index contributed by atoms with van der Waals surface area (Å²) in [7, 11) is 0. The molecule has 0 radical (unpaired) electrons. The van der Waals surface area contributed by atoms with Gasteiger partial charge in [0.2, 0.25) is 11.7 Å². The molecule has 9 heteroatoms. The maximum Gasteiger partial charge on any atom is 0.254 e. The molecule has 1 unspecified atom stereocenters. The highest BCUT2D eigenvalue weighted by Gasteiger charge is 2.48. The van der Waals surface area contributed by atoms with Crippen LogP contribution in [-0.4, -0.2) is 49.4 Å². The number of rotatable bonds is 5. The summed E-state index contributed by atoms with van der Waals surface area (Å²) in [6.45, 7) is 0. The number of tetrazole rings is 1. The number of likely N-dealkylation sites (tertiary alicyclic amines) is 1. The fourth-order valence-electron chi connectivity index (χ4n) is 5.94. The maximum atomic E-state index is 14.0.